The Bertz CT molecular complexity index is 1000. The van der Waals surface area contributed by atoms with Crippen molar-refractivity contribution in [3.8, 4) is 0 Å². The first-order valence-electron chi connectivity index (χ1n) is 8.51. The quantitative estimate of drug-likeness (QED) is 0.791. The number of carbonyl (C=O) groups excluding carboxylic acids is 1. The minimum Gasteiger partial charge on any atom is -0.481 e. The van der Waals surface area contributed by atoms with Gasteiger partial charge in [-0.25, -0.2) is 8.42 Å². The molecular weight excluding hydrogens is 368 g/mol. The Morgan fingerprint density at radius 1 is 1.15 bits per heavy atom. The standard InChI is InChI=1S/C19H20N2O5S/c1-13-4-2-3-5-16(13)20-27(25,26)15-6-7-17-14(12-15)10-11-21(17)18(22)8-9-19(23)24/h2-7,12,20H,8-11H2,1H3,(H,23,24). The lowest BCUT2D eigenvalue weighted by Crippen LogP contribution is -2.29. The van der Waals surface area contributed by atoms with Crippen LogP contribution >= 0.6 is 0 Å². The van der Waals surface area contributed by atoms with Gasteiger partial charge in [0, 0.05) is 18.7 Å². The molecule has 0 unspecified atom stereocenters. The van der Waals surface area contributed by atoms with Crippen molar-refractivity contribution in [1.82, 2.24) is 0 Å². The highest BCUT2D eigenvalue weighted by Crippen LogP contribution is 2.31. The van der Waals surface area contributed by atoms with Crippen LogP contribution in [0.4, 0.5) is 11.4 Å². The van der Waals surface area contributed by atoms with Crippen LogP contribution in [0.15, 0.2) is 47.4 Å². The molecule has 1 aliphatic heterocycles. The van der Waals surface area contributed by atoms with Gasteiger partial charge in [0.25, 0.3) is 10.0 Å². The van der Waals surface area contributed by atoms with Crippen molar-refractivity contribution in [2.24, 2.45) is 0 Å². The summed E-state index contributed by atoms with van der Waals surface area (Å²) in [5.74, 6) is -1.30. The van der Waals surface area contributed by atoms with Crippen LogP contribution in [0.3, 0.4) is 0 Å². The number of nitrogens with zero attached hydrogens (tertiary/aromatic N) is 1. The number of para-hydroxylation sites is 1. The third-order valence-electron chi connectivity index (χ3n) is 4.50. The summed E-state index contributed by atoms with van der Waals surface area (Å²) in [6.45, 7) is 2.24. The molecule has 1 aliphatic rings. The highest BCUT2D eigenvalue weighted by Gasteiger charge is 2.27. The maximum absolute atomic E-state index is 12.7. The number of amides is 1. The molecule has 8 heteroatoms. The molecule has 0 bridgehead atoms. The molecule has 0 saturated heterocycles. The van der Waals surface area contributed by atoms with E-state index in [-0.39, 0.29) is 23.6 Å². The van der Waals surface area contributed by atoms with Gasteiger partial charge in [-0.3, -0.25) is 14.3 Å². The molecule has 27 heavy (non-hydrogen) atoms. The smallest absolute Gasteiger partial charge is 0.303 e. The van der Waals surface area contributed by atoms with Crippen LogP contribution in [0.2, 0.25) is 0 Å². The van der Waals surface area contributed by atoms with Crippen LogP contribution in [0.5, 0.6) is 0 Å². The summed E-state index contributed by atoms with van der Waals surface area (Å²) < 4.78 is 28.0. The lowest BCUT2D eigenvalue weighted by molar-refractivity contribution is -0.138. The number of rotatable bonds is 6. The van der Waals surface area contributed by atoms with Crippen molar-refractivity contribution < 1.29 is 23.1 Å². The molecule has 3 rings (SSSR count). The summed E-state index contributed by atoms with van der Waals surface area (Å²) in [5, 5.41) is 8.72. The van der Waals surface area contributed by atoms with E-state index in [4.69, 9.17) is 5.11 Å². The number of aliphatic carboxylic acids is 1. The summed E-state index contributed by atoms with van der Waals surface area (Å²) in [7, 11) is -3.75. The van der Waals surface area contributed by atoms with Gasteiger partial charge in [0.1, 0.15) is 0 Å². The average Bonchev–Trinajstić information content (AvgIpc) is 3.05. The average molecular weight is 388 g/mol. The van der Waals surface area contributed by atoms with Gasteiger partial charge in [0.2, 0.25) is 5.91 Å². The largest absolute Gasteiger partial charge is 0.481 e. The second-order valence-corrected chi connectivity index (χ2v) is 8.08. The number of nitrogens with one attached hydrogen (secondary N) is 1. The number of hydrogen-bond acceptors (Lipinski definition) is 4. The van der Waals surface area contributed by atoms with Gasteiger partial charge in [-0.15, -0.1) is 0 Å². The van der Waals surface area contributed by atoms with Crippen molar-refractivity contribution >= 4 is 33.3 Å². The second-order valence-electron chi connectivity index (χ2n) is 6.40. The van der Waals surface area contributed by atoms with E-state index in [1.165, 1.54) is 11.0 Å². The fourth-order valence-corrected chi connectivity index (χ4v) is 4.23. The number of sulfonamides is 1. The Labute approximate surface area is 157 Å². The molecular formula is C19H20N2O5S. The van der Waals surface area contributed by atoms with Gasteiger partial charge in [0.05, 0.1) is 17.0 Å². The molecule has 2 N–H and O–H groups in total. The summed E-state index contributed by atoms with van der Waals surface area (Å²) >= 11 is 0. The lowest BCUT2D eigenvalue weighted by Gasteiger charge is -2.17. The summed E-state index contributed by atoms with van der Waals surface area (Å²) in [6, 6.07) is 11.7. The number of carboxylic acids is 1. The highest BCUT2D eigenvalue weighted by atomic mass is 32.2. The van der Waals surface area contributed by atoms with E-state index in [9.17, 15) is 18.0 Å². The highest BCUT2D eigenvalue weighted by molar-refractivity contribution is 7.92. The third kappa shape index (κ3) is 4.11. The molecule has 1 amide bonds. The van der Waals surface area contributed by atoms with Gasteiger partial charge in [-0.05, 0) is 48.7 Å². The van der Waals surface area contributed by atoms with Gasteiger partial charge in [0.15, 0.2) is 0 Å². The first-order valence-corrected chi connectivity index (χ1v) is 10.00. The zero-order valence-electron chi connectivity index (χ0n) is 14.8. The summed E-state index contributed by atoms with van der Waals surface area (Å²) in [5.41, 5.74) is 2.73. The number of aryl methyl sites for hydroxylation is 1. The van der Waals surface area contributed by atoms with Gasteiger partial charge < -0.3 is 10.0 Å². The fourth-order valence-electron chi connectivity index (χ4n) is 3.04. The zero-order valence-corrected chi connectivity index (χ0v) is 15.6. The Morgan fingerprint density at radius 3 is 2.59 bits per heavy atom. The topological polar surface area (TPSA) is 104 Å². The summed E-state index contributed by atoms with van der Waals surface area (Å²) in [6.07, 6.45) is 0.225. The molecule has 0 atom stereocenters. The van der Waals surface area contributed by atoms with E-state index in [1.54, 1.807) is 24.3 Å². The monoisotopic (exact) mass is 388 g/mol. The molecule has 2 aromatic carbocycles. The number of fused-ring (bicyclic) bond motifs is 1. The van der Waals surface area contributed by atoms with Crippen molar-refractivity contribution in [2.75, 3.05) is 16.2 Å². The number of benzene rings is 2. The molecule has 7 nitrogen and oxygen atoms in total. The van der Waals surface area contributed by atoms with E-state index in [0.29, 0.717) is 24.3 Å². The van der Waals surface area contributed by atoms with Crippen LogP contribution in [-0.4, -0.2) is 31.9 Å². The Balaban J connectivity index is 1.81. The third-order valence-corrected chi connectivity index (χ3v) is 5.86. The molecule has 0 spiro atoms. The van der Waals surface area contributed by atoms with Crippen LogP contribution in [-0.2, 0) is 26.0 Å². The minimum absolute atomic E-state index is 0.0797. The van der Waals surface area contributed by atoms with Gasteiger partial charge in [-0.2, -0.15) is 0 Å². The Hall–Kier alpha value is -2.87. The maximum atomic E-state index is 12.7. The second kappa shape index (κ2) is 7.40. The molecule has 1 heterocycles. The molecule has 0 aliphatic carbocycles. The molecule has 0 fully saturated rings. The molecule has 0 radical (unpaired) electrons. The van der Waals surface area contributed by atoms with Gasteiger partial charge >= 0.3 is 5.97 Å². The summed E-state index contributed by atoms with van der Waals surface area (Å²) in [4.78, 5) is 24.5. The predicted octanol–water partition coefficient (Wildman–Crippen LogP) is 2.55. The zero-order chi connectivity index (χ0) is 19.6. The fraction of sp³-hybridized carbons (Fsp3) is 0.263. The van der Waals surface area contributed by atoms with Gasteiger partial charge in [-0.1, -0.05) is 18.2 Å². The number of hydrogen-bond donors (Lipinski definition) is 2. The first-order chi connectivity index (χ1) is 12.8. The normalized spacial score (nSPS) is 13.3. The minimum atomic E-state index is -3.75. The van der Waals surface area contributed by atoms with Crippen LogP contribution in [0.25, 0.3) is 0 Å². The number of carbonyl (C=O) groups is 2. The predicted molar refractivity (Wildman–Crippen MR) is 101 cm³/mol. The molecule has 142 valence electrons. The van der Waals surface area contributed by atoms with Crippen LogP contribution < -0.4 is 9.62 Å². The Kier molecular flexibility index (Phi) is 5.18. The number of carboxylic acid groups (broad SMARTS) is 1. The van der Waals surface area contributed by atoms with Crippen molar-refractivity contribution in [3.05, 3.63) is 53.6 Å². The van der Waals surface area contributed by atoms with E-state index < -0.39 is 16.0 Å². The Morgan fingerprint density at radius 2 is 1.89 bits per heavy atom. The maximum Gasteiger partial charge on any atom is 0.303 e. The van der Waals surface area contributed by atoms with Crippen molar-refractivity contribution in [2.45, 2.75) is 31.1 Å². The molecule has 0 saturated carbocycles. The lowest BCUT2D eigenvalue weighted by atomic mass is 10.2. The molecule has 0 aromatic heterocycles. The van der Waals surface area contributed by atoms with Crippen LogP contribution in [0, 0.1) is 6.92 Å². The van der Waals surface area contributed by atoms with Crippen LogP contribution in [0.1, 0.15) is 24.0 Å². The van der Waals surface area contributed by atoms with Crippen molar-refractivity contribution in [3.63, 3.8) is 0 Å². The van der Waals surface area contributed by atoms with E-state index in [0.717, 1.165) is 11.1 Å². The molecule has 2 aromatic rings. The van der Waals surface area contributed by atoms with E-state index in [2.05, 4.69) is 4.72 Å². The first kappa shape index (κ1) is 18.9. The van der Waals surface area contributed by atoms with E-state index in [1.807, 2.05) is 19.1 Å². The number of anilines is 2. The van der Waals surface area contributed by atoms with E-state index >= 15 is 0 Å². The SMILES string of the molecule is Cc1ccccc1NS(=O)(=O)c1ccc2c(c1)CCN2C(=O)CCC(=O)O. The van der Waals surface area contributed by atoms with Crippen molar-refractivity contribution in [1.29, 1.82) is 0 Å².